The van der Waals surface area contributed by atoms with E-state index in [0.29, 0.717) is 18.8 Å². The van der Waals surface area contributed by atoms with E-state index in [9.17, 15) is 13.2 Å². The number of sulfone groups is 1. The molecule has 1 amide bonds. The Kier molecular flexibility index (Phi) is 6.04. The van der Waals surface area contributed by atoms with E-state index < -0.39 is 15.9 Å². The Hall–Kier alpha value is -1.56. The normalized spacial score (nSPS) is 21.3. The van der Waals surface area contributed by atoms with Gasteiger partial charge in [0.1, 0.15) is 6.10 Å². The molecule has 0 radical (unpaired) electrons. The standard InChI is InChI=1S/C17H25NO4S/c1-13(2)12-15-16(22-17(19)18-15)9-11-23(20,21)10-8-14-6-4-3-5-7-14/h3-7,13,15-16H,8-12H2,1-2H3,(H,18,19)/t15-,16-/m0/s1. The van der Waals surface area contributed by atoms with Gasteiger partial charge >= 0.3 is 6.09 Å². The molecule has 1 aliphatic heterocycles. The molecule has 1 N–H and O–H groups in total. The highest BCUT2D eigenvalue weighted by Gasteiger charge is 2.34. The molecule has 0 aliphatic carbocycles. The number of aryl methyl sites for hydroxylation is 1. The molecular formula is C17H25NO4S. The van der Waals surface area contributed by atoms with Crippen molar-refractivity contribution in [2.75, 3.05) is 11.5 Å². The number of carbonyl (C=O) groups excluding carboxylic acids is 1. The summed E-state index contributed by atoms with van der Waals surface area (Å²) >= 11 is 0. The molecule has 23 heavy (non-hydrogen) atoms. The van der Waals surface area contributed by atoms with Gasteiger partial charge in [0.05, 0.1) is 17.5 Å². The Morgan fingerprint density at radius 3 is 2.52 bits per heavy atom. The first kappa shape index (κ1) is 17.8. The first-order valence-electron chi connectivity index (χ1n) is 8.07. The highest BCUT2D eigenvalue weighted by molar-refractivity contribution is 7.91. The lowest BCUT2D eigenvalue weighted by Crippen LogP contribution is -2.34. The Labute approximate surface area is 138 Å². The zero-order valence-corrected chi connectivity index (χ0v) is 14.5. The summed E-state index contributed by atoms with van der Waals surface area (Å²) in [5.74, 6) is 0.591. The van der Waals surface area contributed by atoms with E-state index in [2.05, 4.69) is 19.2 Å². The maximum absolute atomic E-state index is 12.2. The number of benzene rings is 1. The van der Waals surface area contributed by atoms with E-state index in [1.807, 2.05) is 30.3 Å². The number of rotatable bonds is 8. The second-order valence-electron chi connectivity index (χ2n) is 6.50. The quantitative estimate of drug-likeness (QED) is 0.790. The third-order valence-electron chi connectivity index (χ3n) is 3.99. The van der Waals surface area contributed by atoms with Gasteiger partial charge < -0.3 is 10.1 Å². The minimum Gasteiger partial charge on any atom is -0.444 e. The molecule has 1 aliphatic rings. The molecule has 2 atom stereocenters. The van der Waals surface area contributed by atoms with Crippen LogP contribution in [0.15, 0.2) is 30.3 Å². The molecule has 5 nitrogen and oxygen atoms in total. The summed E-state index contributed by atoms with van der Waals surface area (Å²) in [5, 5.41) is 2.77. The van der Waals surface area contributed by atoms with Gasteiger partial charge in [-0.25, -0.2) is 13.2 Å². The smallest absolute Gasteiger partial charge is 0.407 e. The first-order valence-corrected chi connectivity index (χ1v) is 9.89. The van der Waals surface area contributed by atoms with Crippen molar-refractivity contribution in [1.82, 2.24) is 5.32 Å². The van der Waals surface area contributed by atoms with Crippen molar-refractivity contribution in [3.8, 4) is 0 Å². The largest absolute Gasteiger partial charge is 0.444 e. The lowest BCUT2D eigenvalue weighted by atomic mass is 9.99. The number of alkyl carbamates (subject to hydrolysis) is 1. The summed E-state index contributed by atoms with van der Waals surface area (Å²) < 4.78 is 29.6. The molecule has 0 bridgehead atoms. The minimum atomic E-state index is -3.16. The van der Waals surface area contributed by atoms with Crippen molar-refractivity contribution in [2.45, 2.75) is 45.3 Å². The topological polar surface area (TPSA) is 72.5 Å². The van der Waals surface area contributed by atoms with Crippen LogP contribution in [0.3, 0.4) is 0 Å². The molecule has 1 heterocycles. The maximum Gasteiger partial charge on any atom is 0.407 e. The first-order chi connectivity index (χ1) is 10.9. The molecule has 1 fully saturated rings. The summed E-state index contributed by atoms with van der Waals surface area (Å²) in [6, 6.07) is 9.48. The zero-order chi connectivity index (χ0) is 16.9. The number of hydrogen-bond acceptors (Lipinski definition) is 4. The second kappa shape index (κ2) is 7.81. The van der Waals surface area contributed by atoms with Gasteiger partial charge in [-0.15, -0.1) is 0 Å². The molecule has 6 heteroatoms. The number of ether oxygens (including phenoxy) is 1. The molecule has 1 saturated heterocycles. The van der Waals surface area contributed by atoms with Crippen LogP contribution in [0.1, 0.15) is 32.3 Å². The van der Waals surface area contributed by atoms with Crippen LogP contribution in [0.25, 0.3) is 0 Å². The fourth-order valence-corrected chi connectivity index (χ4v) is 4.13. The Balaban J connectivity index is 1.84. The fraction of sp³-hybridized carbons (Fsp3) is 0.588. The Morgan fingerprint density at radius 1 is 1.17 bits per heavy atom. The summed E-state index contributed by atoms with van der Waals surface area (Å²) in [4.78, 5) is 11.4. The van der Waals surface area contributed by atoms with Gasteiger partial charge in [0.15, 0.2) is 9.84 Å². The number of hydrogen-bond donors (Lipinski definition) is 1. The van der Waals surface area contributed by atoms with E-state index in [4.69, 9.17) is 4.74 Å². The monoisotopic (exact) mass is 339 g/mol. The second-order valence-corrected chi connectivity index (χ2v) is 8.80. The third-order valence-corrected chi connectivity index (χ3v) is 5.68. The summed E-state index contributed by atoms with van der Waals surface area (Å²) in [6.07, 6.45) is 0.869. The molecular weight excluding hydrogens is 314 g/mol. The van der Waals surface area contributed by atoms with Crippen molar-refractivity contribution >= 4 is 15.9 Å². The van der Waals surface area contributed by atoms with Crippen molar-refractivity contribution < 1.29 is 17.9 Å². The highest BCUT2D eigenvalue weighted by Crippen LogP contribution is 2.20. The van der Waals surface area contributed by atoms with Crippen molar-refractivity contribution in [3.63, 3.8) is 0 Å². The number of cyclic esters (lactones) is 1. The van der Waals surface area contributed by atoms with Crippen LogP contribution in [-0.4, -0.2) is 38.2 Å². The van der Waals surface area contributed by atoms with E-state index in [-0.39, 0.29) is 23.7 Å². The van der Waals surface area contributed by atoms with Gasteiger partial charge in [0.25, 0.3) is 0 Å². The van der Waals surface area contributed by atoms with E-state index >= 15 is 0 Å². The van der Waals surface area contributed by atoms with Crippen LogP contribution in [0, 0.1) is 5.92 Å². The molecule has 1 aromatic rings. The number of amides is 1. The van der Waals surface area contributed by atoms with Gasteiger partial charge in [-0.1, -0.05) is 44.2 Å². The number of carbonyl (C=O) groups is 1. The van der Waals surface area contributed by atoms with Gasteiger partial charge in [-0.05, 0) is 24.3 Å². The van der Waals surface area contributed by atoms with E-state index in [1.54, 1.807) is 0 Å². The van der Waals surface area contributed by atoms with E-state index in [0.717, 1.165) is 12.0 Å². The van der Waals surface area contributed by atoms with E-state index in [1.165, 1.54) is 0 Å². The van der Waals surface area contributed by atoms with Crippen LogP contribution in [0.5, 0.6) is 0 Å². The molecule has 2 rings (SSSR count). The lowest BCUT2D eigenvalue weighted by molar-refractivity contribution is 0.126. The van der Waals surface area contributed by atoms with Crippen LogP contribution in [0.4, 0.5) is 4.79 Å². The van der Waals surface area contributed by atoms with Gasteiger partial charge in [0.2, 0.25) is 0 Å². The predicted molar refractivity (Wildman–Crippen MR) is 90.1 cm³/mol. The van der Waals surface area contributed by atoms with Gasteiger partial charge in [-0.2, -0.15) is 0 Å². The van der Waals surface area contributed by atoms with Crippen molar-refractivity contribution in [1.29, 1.82) is 0 Å². The highest BCUT2D eigenvalue weighted by atomic mass is 32.2. The summed E-state index contributed by atoms with van der Waals surface area (Å²) in [7, 11) is -3.16. The molecule has 0 unspecified atom stereocenters. The van der Waals surface area contributed by atoms with Crippen molar-refractivity contribution in [3.05, 3.63) is 35.9 Å². The molecule has 0 saturated carbocycles. The summed E-state index contributed by atoms with van der Waals surface area (Å²) in [6.45, 7) is 4.14. The third kappa shape index (κ3) is 5.86. The van der Waals surface area contributed by atoms with Crippen LogP contribution >= 0.6 is 0 Å². The summed E-state index contributed by atoms with van der Waals surface area (Å²) in [5.41, 5.74) is 1.02. The average molecular weight is 339 g/mol. The molecule has 128 valence electrons. The number of nitrogens with one attached hydrogen (secondary N) is 1. The van der Waals surface area contributed by atoms with Crippen molar-refractivity contribution in [2.24, 2.45) is 5.92 Å². The van der Waals surface area contributed by atoms with Crippen LogP contribution in [-0.2, 0) is 21.0 Å². The maximum atomic E-state index is 12.2. The van der Waals surface area contributed by atoms with Crippen LogP contribution in [0.2, 0.25) is 0 Å². The molecule has 1 aromatic carbocycles. The predicted octanol–water partition coefficient (Wildman–Crippen LogP) is 2.56. The van der Waals surface area contributed by atoms with Crippen LogP contribution < -0.4 is 5.32 Å². The van der Waals surface area contributed by atoms with Gasteiger partial charge in [-0.3, -0.25) is 0 Å². The average Bonchev–Trinajstić information content (AvgIpc) is 2.83. The lowest BCUT2D eigenvalue weighted by Gasteiger charge is -2.18. The zero-order valence-electron chi connectivity index (χ0n) is 13.7. The SMILES string of the molecule is CC(C)C[C@@H]1NC(=O)O[C@H]1CCS(=O)(=O)CCc1ccccc1. The minimum absolute atomic E-state index is 0.0497. The Bertz CT molecular complexity index is 613. The van der Waals surface area contributed by atoms with Gasteiger partial charge in [0, 0.05) is 6.42 Å². The molecule has 0 aromatic heterocycles. The fourth-order valence-electron chi connectivity index (χ4n) is 2.79. The molecule has 0 spiro atoms. The Morgan fingerprint density at radius 2 is 1.87 bits per heavy atom.